The van der Waals surface area contributed by atoms with Crippen LogP contribution in [0.5, 0.6) is 5.75 Å². The molecular weight excluding hydrogens is 340 g/mol. The third-order valence-electron chi connectivity index (χ3n) is 3.59. The number of anilines is 3. The molecule has 0 radical (unpaired) electrons. The van der Waals surface area contributed by atoms with E-state index >= 15 is 0 Å². The summed E-state index contributed by atoms with van der Waals surface area (Å²) in [4.78, 5) is 0. The van der Waals surface area contributed by atoms with Gasteiger partial charge in [-0.3, -0.25) is 5.10 Å². The highest BCUT2D eigenvalue weighted by molar-refractivity contribution is 6.33. The normalized spacial score (nSPS) is 11.8. The molecule has 3 aromatic rings. The summed E-state index contributed by atoms with van der Waals surface area (Å²) in [5.74, 6) is 1.46. The average Bonchev–Trinajstić information content (AvgIpc) is 3.05. The minimum absolute atomic E-state index is 0.527. The number of H-pyrrole nitrogens is 1. The molecule has 1 aromatic heterocycles. The van der Waals surface area contributed by atoms with Gasteiger partial charge in [-0.25, -0.2) is 0 Å². The first-order chi connectivity index (χ1) is 12.0. The maximum atomic E-state index is 9.35. The Bertz CT molecular complexity index is 847. The molecule has 7 heteroatoms. The van der Waals surface area contributed by atoms with Crippen LogP contribution in [0, 0.1) is 0 Å². The number of hydrogen-bond acceptors (Lipinski definition) is 5. The Morgan fingerprint density at radius 1 is 1.16 bits per heavy atom. The first-order valence-electron chi connectivity index (χ1n) is 7.76. The van der Waals surface area contributed by atoms with Crippen molar-refractivity contribution in [3.63, 3.8) is 0 Å². The molecule has 1 unspecified atom stereocenters. The SMILES string of the molecule is COc1ccc(-c2cc(Nc3ccc(NC(C)O)cc3Cl)n[nH]2)cc1. The monoisotopic (exact) mass is 358 g/mol. The Labute approximate surface area is 150 Å². The number of rotatable bonds is 6. The van der Waals surface area contributed by atoms with E-state index in [1.54, 1.807) is 20.1 Å². The van der Waals surface area contributed by atoms with Gasteiger partial charge in [0.1, 0.15) is 12.0 Å². The molecule has 0 aliphatic rings. The van der Waals surface area contributed by atoms with Gasteiger partial charge in [-0.05, 0) is 55.0 Å². The van der Waals surface area contributed by atoms with Gasteiger partial charge in [-0.2, -0.15) is 5.10 Å². The maximum Gasteiger partial charge on any atom is 0.152 e. The third-order valence-corrected chi connectivity index (χ3v) is 3.90. The van der Waals surface area contributed by atoms with Gasteiger partial charge in [0.2, 0.25) is 0 Å². The van der Waals surface area contributed by atoms with Gasteiger partial charge in [0.25, 0.3) is 0 Å². The van der Waals surface area contributed by atoms with Crippen molar-refractivity contribution in [2.45, 2.75) is 13.2 Å². The van der Waals surface area contributed by atoms with Crippen molar-refractivity contribution < 1.29 is 9.84 Å². The molecule has 4 N–H and O–H groups in total. The van der Waals surface area contributed by atoms with Crippen LogP contribution in [0.25, 0.3) is 11.3 Å². The molecule has 0 amide bonds. The van der Waals surface area contributed by atoms with Crippen molar-refractivity contribution in [1.29, 1.82) is 0 Å². The molecule has 130 valence electrons. The topological polar surface area (TPSA) is 82.2 Å². The number of halogens is 1. The Balaban J connectivity index is 1.74. The van der Waals surface area contributed by atoms with Crippen LogP contribution >= 0.6 is 11.6 Å². The Kier molecular flexibility index (Phi) is 5.11. The van der Waals surface area contributed by atoms with E-state index in [0.717, 1.165) is 28.4 Å². The van der Waals surface area contributed by atoms with E-state index in [-0.39, 0.29) is 0 Å². The highest BCUT2D eigenvalue weighted by atomic mass is 35.5. The number of aliphatic hydroxyl groups is 1. The van der Waals surface area contributed by atoms with Crippen molar-refractivity contribution in [1.82, 2.24) is 10.2 Å². The summed E-state index contributed by atoms with van der Waals surface area (Å²) in [5.41, 5.74) is 3.36. The predicted octanol–water partition coefficient (Wildman–Crippen LogP) is 4.23. The number of aromatic nitrogens is 2. The van der Waals surface area contributed by atoms with Crippen molar-refractivity contribution in [2.24, 2.45) is 0 Å². The number of benzene rings is 2. The summed E-state index contributed by atoms with van der Waals surface area (Å²) < 4.78 is 5.16. The summed E-state index contributed by atoms with van der Waals surface area (Å²) in [5, 5.41) is 23.2. The van der Waals surface area contributed by atoms with Crippen molar-refractivity contribution in [3.8, 4) is 17.0 Å². The summed E-state index contributed by atoms with van der Waals surface area (Å²) in [7, 11) is 1.64. The molecule has 0 saturated carbocycles. The standard InChI is InChI=1S/C18H19ClN4O2/c1-11(24)20-13-5-8-16(15(19)9-13)21-18-10-17(22-23-18)12-3-6-14(25-2)7-4-12/h3-11,20,24H,1-2H3,(H2,21,22,23). The summed E-state index contributed by atoms with van der Waals surface area (Å²) in [6, 6.07) is 15.0. The van der Waals surface area contributed by atoms with Gasteiger partial charge in [-0.1, -0.05) is 11.6 Å². The largest absolute Gasteiger partial charge is 0.497 e. The summed E-state index contributed by atoms with van der Waals surface area (Å²) in [6.07, 6.45) is -0.645. The van der Waals surface area contributed by atoms with Gasteiger partial charge in [0.15, 0.2) is 5.82 Å². The number of nitrogens with zero attached hydrogens (tertiary/aromatic N) is 1. The van der Waals surface area contributed by atoms with Crippen molar-refractivity contribution >= 4 is 28.8 Å². The number of nitrogens with one attached hydrogen (secondary N) is 3. The molecular formula is C18H19ClN4O2. The number of aliphatic hydroxyl groups excluding tert-OH is 1. The van der Waals surface area contributed by atoms with Gasteiger partial charge < -0.3 is 20.5 Å². The number of ether oxygens (including phenoxy) is 1. The van der Waals surface area contributed by atoms with Gasteiger partial charge in [0.05, 0.1) is 23.5 Å². The summed E-state index contributed by atoms with van der Waals surface area (Å²) >= 11 is 6.28. The maximum absolute atomic E-state index is 9.35. The van der Waals surface area contributed by atoms with E-state index in [4.69, 9.17) is 16.3 Å². The lowest BCUT2D eigenvalue weighted by molar-refractivity contribution is 0.224. The van der Waals surface area contributed by atoms with E-state index < -0.39 is 6.23 Å². The smallest absolute Gasteiger partial charge is 0.152 e. The zero-order valence-electron chi connectivity index (χ0n) is 13.9. The molecule has 0 saturated heterocycles. The lowest BCUT2D eigenvalue weighted by atomic mass is 10.1. The Morgan fingerprint density at radius 2 is 1.92 bits per heavy atom. The molecule has 1 heterocycles. The Morgan fingerprint density at radius 3 is 2.56 bits per heavy atom. The minimum Gasteiger partial charge on any atom is -0.497 e. The number of hydrogen-bond donors (Lipinski definition) is 4. The van der Waals surface area contributed by atoms with Crippen LogP contribution in [-0.2, 0) is 0 Å². The van der Waals surface area contributed by atoms with E-state index in [1.807, 2.05) is 42.5 Å². The lowest BCUT2D eigenvalue weighted by Crippen LogP contribution is -2.13. The quantitative estimate of drug-likeness (QED) is 0.496. The molecule has 2 aromatic carbocycles. The fourth-order valence-corrected chi connectivity index (χ4v) is 2.62. The van der Waals surface area contributed by atoms with E-state index in [0.29, 0.717) is 10.8 Å². The second kappa shape index (κ2) is 7.46. The fourth-order valence-electron chi connectivity index (χ4n) is 2.39. The van der Waals surface area contributed by atoms with Crippen LogP contribution < -0.4 is 15.4 Å². The molecule has 3 rings (SSSR count). The van der Waals surface area contributed by atoms with Gasteiger partial charge in [0, 0.05) is 11.8 Å². The van der Waals surface area contributed by atoms with Gasteiger partial charge >= 0.3 is 0 Å². The second-order valence-corrected chi connectivity index (χ2v) is 5.94. The van der Waals surface area contributed by atoms with Crippen LogP contribution in [-0.4, -0.2) is 28.6 Å². The molecule has 0 aliphatic heterocycles. The first-order valence-corrected chi connectivity index (χ1v) is 8.14. The zero-order chi connectivity index (χ0) is 17.8. The van der Waals surface area contributed by atoms with Crippen LogP contribution in [0.4, 0.5) is 17.2 Å². The van der Waals surface area contributed by atoms with Crippen LogP contribution in [0.1, 0.15) is 6.92 Å². The second-order valence-electron chi connectivity index (χ2n) is 5.54. The average molecular weight is 359 g/mol. The van der Waals surface area contributed by atoms with Crippen LogP contribution in [0.2, 0.25) is 5.02 Å². The third kappa shape index (κ3) is 4.23. The van der Waals surface area contributed by atoms with Crippen molar-refractivity contribution in [3.05, 3.63) is 53.6 Å². The zero-order valence-corrected chi connectivity index (χ0v) is 14.6. The minimum atomic E-state index is -0.645. The molecule has 25 heavy (non-hydrogen) atoms. The van der Waals surface area contributed by atoms with Crippen LogP contribution in [0.15, 0.2) is 48.5 Å². The Hall–Kier alpha value is -2.70. The number of methoxy groups -OCH3 is 1. The predicted molar refractivity (Wildman–Crippen MR) is 101 cm³/mol. The van der Waals surface area contributed by atoms with E-state index in [2.05, 4.69) is 20.8 Å². The molecule has 0 bridgehead atoms. The fraction of sp³-hybridized carbons (Fsp3) is 0.167. The van der Waals surface area contributed by atoms with Crippen molar-refractivity contribution in [2.75, 3.05) is 17.7 Å². The summed E-state index contributed by atoms with van der Waals surface area (Å²) in [6.45, 7) is 1.64. The highest BCUT2D eigenvalue weighted by Gasteiger charge is 2.08. The van der Waals surface area contributed by atoms with Crippen LogP contribution in [0.3, 0.4) is 0 Å². The van der Waals surface area contributed by atoms with Gasteiger partial charge in [-0.15, -0.1) is 0 Å². The molecule has 1 atom stereocenters. The lowest BCUT2D eigenvalue weighted by Gasteiger charge is -2.11. The number of aromatic amines is 1. The first kappa shape index (κ1) is 17.1. The molecule has 0 aliphatic carbocycles. The molecule has 0 spiro atoms. The highest BCUT2D eigenvalue weighted by Crippen LogP contribution is 2.29. The molecule has 6 nitrogen and oxygen atoms in total. The van der Waals surface area contributed by atoms with E-state index in [1.165, 1.54) is 0 Å². The van der Waals surface area contributed by atoms with E-state index in [9.17, 15) is 5.11 Å². The molecule has 0 fully saturated rings.